The maximum atomic E-state index is 10.9. The number of benzene rings is 2. The molecular formula is C17H17ClN2O5. The highest BCUT2D eigenvalue weighted by Gasteiger charge is 2.18. The molecule has 2 aromatic carbocycles. The van der Waals surface area contributed by atoms with Gasteiger partial charge in [0.2, 0.25) is 0 Å². The van der Waals surface area contributed by atoms with Gasteiger partial charge in [-0.05, 0) is 31.2 Å². The Labute approximate surface area is 149 Å². The van der Waals surface area contributed by atoms with Crippen LogP contribution in [0.25, 0.3) is 0 Å². The molecule has 1 aliphatic heterocycles. The van der Waals surface area contributed by atoms with Crippen LogP contribution in [0.2, 0.25) is 5.02 Å². The highest BCUT2D eigenvalue weighted by Crippen LogP contribution is 2.33. The minimum absolute atomic E-state index is 0.0106. The van der Waals surface area contributed by atoms with Crippen LogP contribution in [-0.4, -0.2) is 18.3 Å². The number of hydrogen-bond acceptors (Lipinski definition) is 6. The third-order valence-electron chi connectivity index (χ3n) is 3.80. The van der Waals surface area contributed by atoms with E-state index in [-0.39, 0.29) is 19.1 Å². The molecule has 7 nitrogen and oxygen atoms in total. The van der Waals surface area contributed by atoms with E-state index in [0.29, 0.717) is 41.7 Å². The Bertz CT molecular complexity index is 797. The summed E-state index contributed by atoms with van der Waals surface area (Å²) in [6, 6.07) is 8.06. The zero-order valence-electron chi connectivity index (χ0n) is 13.4. The van der Waals surface area contributed by atoms with Gasteiger partial charge in [0, 0.05) is 33.8 Å². The molecule has 3 rings (SSSR count). The predicted octanol–water partition coefficient (Wildman–Crippen LogP) is 3.19. The predicted molar refractivity (Wildman–Crippen MR) is 91.9 cm³/mol. The zero-order valence-corrected chi connectivity index (χ0v) is 14.1. The van der Waals surface area contributed by atoms with E-state index in [0.717, 1.165) is 11.1 Å². The number of nitro groups is 1. The van der Waals surface area contributed by atoms with Crippen molar-refractivity contribution in [1.29, 1.82) is 0 Å². The van der Waals surface area contributed by atoms with E-state index in [9.17, 15) is 10.1 Å². The monoisotopic (exact) mass is 364 g/mol. The summed E-state index contributed by atoms with van der Waals surface area (Å²) in [5, 5.41) is 11.5. The fraction of sp³-hybridized carbons (Fsp3) is 0.294. The van der Waals surface area contributed by atoms with Crippen molar-refractivity contribution >= 4 is 17.3 Å². The van der Waals surface area contributed by atoms with E-state index in [1.807, 2.05) is 0 Å². The van der Waals surface area contributed by atoms with E-state index in [4.69, 9.17) is 31.5 Å². The molecule has 1 aliphatic rings. The Morgan fingerprint density at radius 2 is 2.12 bits per heavy atom. The Kier molecular flexibility index (Phi) is 5.37. The van der Waals surface area contributed by atoms with Crippen molar-refractivity contribution in [2.24, 2.45) is 5.73 Å². The average Bonchev–Trinajstić information content (AvgIpc) is 2.60. The highest BCUT2D eigenvalue weighted by molar-refractivity contribution is 6.30. The number of non-ortho nitro benzene ring substituents is 1. The SMILES string of the molecule is NCCc1cc([N+](=O)[O-])ccc1OCc1cc(Cl)cc2c1OCOC2. The quantitative estimate of drug-likeness (QED) is 0.624. The molecule has 0 radical (unpaired) electrons. The summed E-state index contributed by atoms with van der Waals surface area (Å²) in [6.07, 6.45) is 0.481. The number of halogens is 1. The lowest BCUT2D eigenvalue weighted by molar-refractivity contribution is -0.384. The lowest BCUT2D eigenvalue weighted by atomic mass is 10.1. The third kappa shape index (κ3) is 4.01. The number of nitrogens with zero attached hydrogens (tertiary/aromatic N) is 1. The van der Waals surface area contributed by atoms with E-state index in [1.54, 1.807) is 18.2 Å². The first-order valence-electron chi connectivity index (χ1n) is 7.70. The van der Waals surface area contributed by atoms with E-state index in [2.05, 4.69) is 0 Å². The number of hydrogen-bond donors (Lipinski definition) is 1. The van der Waals surface area contributed by atoms with Gasteiger partial charge in [-0.1, -0.05) is 11.6 Å². The van der Waals surface area contributed by atoms with Gasteiger partial charge in [-0.25, -0.2) is 0 Å². The first-order chi connectivity index (χ1) is 12.1. The lowest BCUT2D eigenvalue weighted by Gasteiger charge is -2.21. The molecular weight excluding hydrogens is 348 g/mol. The van der Waals surface area contributed by atoms with E-state index in [1.165, 1.54) is 12.1 Å². The van der Waals surface area contributed by atoms with Gasteiger partial charge in [0.1, 0.15) is 18.1 Å². The summed E-state index contributed by atoms with van der Waals surface area (Å²) in [4.78, 5) is 10.5. The van der Waals surface area contributed by atoms with Crippen LogP contribution in [0, 0.1) is 10.1 Å². The fourth-order valence-electron chi connectivity index (χ4n) is 2.69. The minimum Gasteiger partial charge on any atom is -0.488 e. The molecule has 0 bridgehead atoms. The number of ether oxygens (including phenoxy) is 3. The molecule has 1 heterocycles. The number of nitro benzene ring substituents is 1. The normalized spacial score (nSPS) is 13.0. The Balaban J connectivity index is 1.84. The summed E-state index contributed by atoms with van der Waals surface area (Å²) in [5.74, 6) is 1.26. The van der Waals surface area contributed by atoms with Gasteiger partial charge in [-0.3, -0.25) is 10.1 Å². The summed E-state index contributed by atoms with van der Waals surface area (Å²) in [7, 11) is 0. The molecule has 0 saturated heterocycles. The van der Waals surface area contributed by atoms with Crippen molar-refractivity contribution in [3.63, 3.8) is 0 Å². The van der Waals surface area contributed by atoms with Crippen molar-refractivity contribution in [3.8, 4) is 11.5 Å². The molecule has 8 heteroatoms. The molecule has 0 amide bonds. The molecule has 2 N–H and O–H groups in total. The van der Waals surface area contributed by atoms with Gasteiger partial charge in [0.15, 0.2) is 6.79 Å². The molecule has 0 unspecified atom stereocenters. The van der Waals surface area contributed by atoms with Gasteiger partial charge in [0.05, 0.1) is 11.5 Å². The number of fused-ring (bicyclic) bond motifs is 1. The van der Waals surface area contributed by atoms with Crippen LogP contribution in [0.15, 0.2) is 30.3 Å². The van der Waals surface area contributed by atoms with Gasteiger partial charge in [0.25, 0.3) is 5.69 Å². The maximum Gasteiger partial charge on any atom is 0.269 e. The molecule has 2 aromatic rings. The van der Waals surface area contributed by atoms with Gasteiger partial charge >= 0.3 is 0 Å². The molecule has 0 fully saturated rings. The van der Waals surface area contributed by atoms with Crippen molar-refractivity contribution < 1.29 is 19.1 Å². The van der Waals surface area contributed by atoms with Crippen molar-refractivity contribution in [2.45, 2.75) is 19.6 Å². The molecule has 0 spiro atoms. The van der Waals surface area contributed by atoms with Crippen molar-refractivity contribution in [3.05, 3.63) is 62.2 Å². The van der Waals surface area contributed by atoms with E-state index < -0.39 is 4.92 Å². The molecule has 0 atom stereocenters. The minimum atomic E-state index is -0.439. The van der Waals surface area contributed by atoms with Crippen LogP contribution in [0.3, 0.4) is 0 Å². The second-order valence-corrected chi connectivity index (χ2v) is 5.98. The average molecular weight is 365 g/mol. The maximum absolute atomic E-state index is 10.9. The third-order valence-corrected chi connectivity index (χ3v) is 4.02. The largest absolute Gasteiger partial charge is 0.488 e. The van der Waals surface area contributed by atoms with Crippen LogP contribution >= 0.6 is 11.6 Å². The van der Waals surface area contributed by atoms with Gasteiger partial charge in [-0.15, -0.1) is 0 Å². The topological polar surface area (TPSA) is 96.9 Å². The Hall–Kier alpha value is -2.35. The number of nitrogens with two attached hydrogens (primary N) is 1. The summed E-state index contributed by atoms with van der Waals surface area (Å²) < 4.78 is 16.7. The first kappa shape index (κ1) is 17.5. The highest BCUT2D eigenvalue weighted by atomic mass is 35.5. The van der Waals surface area contributed by atoms with Crippen LogP contribution in [0.1, 0.15) is 16.7 Å². The lowest BCUT2D eigenvalue weighted by Crippen LogP contribution is -2.14. The van der Waals surface area contributed by atoms with Gasteiger partial charge in [-0.2, -0.15) is 0 Å². The molecule has 25 heavy (non-hydrogen) atoms. The second-order valence-electron chi connectivity index (χ2n) is 5.54. The summed E-state index contributed by atoms with van der Waals surface area (Å²) >= 11 is 6.14. The zero-order chi connectivity index (χ0) is 17.8. The fourth-order valence-corrected chi connectivity index (χ4v) is 2.95. The molecule has 0 aromatic heterocycles. The summed E-state index contributed by atoms with van der Waals surface area (Å²) in [6.45, 7) is 1.19. The number of rotatable bonds is 6. The molecule has 0 saturated carbocycles. The van der Waals surface area contributed by atoms with Crippen LogP contribution in [0.4, 0.5) is 5.69 Å². The van der Waals surface area contributed by atoms with Crippen molar-refractivity contribution in [2.75, 3.05) is 13.3 Å². The van der Waals surface area contributed by atoms with Gasteiger partial charge < -0.3 is 19.9 Å². The molecule has 132 valence electrons. The smallest absolute Gasteiger partial charge is 0.269 e. The Morgan fingerprint density at radius 3 is 2.88 bits per heavy atom. The Morgan fingerprint density at radius 1 is 1.28 bits per heavy atom. The van der Waals surface area contributed by atoms with E-state index >= 15 is 0 Å². The van der Waals surface area contributed by atoms with Crippen LogP contribution < -0.4 is 15.2 Å². The van der Waals surface area contributed by atoms with Crippen LogP contribution in [0.5, 0.6) is 11.5 Å². The summed E-state index contributed by atoms with van der Waals surface area (Å²) in [5.41, 5.74) is 7.96. The standard InChI is InChI=1S/C17H17ClN2O5/c18-14-5-12-8-23-10-25-17(12)13(6-14)9-24-16-2-1-15(20(21)22)7-11(16)3-4-19/h1-2,5-7H,3-4,8-10,19H2. The first-order valence-corrected chi connectivity index (χ1v) is 8.08. The van der Waals surface area contributed by atoms with Crippen molar-refractivity contribution in [1.82, 2.24) is 0 Å². The van der Waals surface area contributed by atoms with Crippen LogP contribution in [-0.2, 0) is 24.4 Å². The molecule has 0 aliphatic carbocycles. The second kappa shape index (κ2) is 7.69.